The Balaban J connectivity index is 2.45. The van der Waals surface area contributed by atoms with Crippen molar-refractivity contribution in [1.29, 1.82) is 0 Å². The Hall–Kier alpha value is -0.0800. The molecule has 0 aromatic heterocycles. The van der Waals surface area contributed by atoms with Crippen LogP contribution < -0.4 is 5.32 Å². The van der Waals surface area contributed by atoms with Crippen LogP contribution >= 0.6 is 0 Å². The first-order valence-electron chi connectivity index (χ1n) is 4.98. The van der Waals surface area contributed by atoms with Crippen LogP contribution in [-0.2, 0) is 4.74 Å². The number of rotatable bonds is 3. The van der Waals surface area contributed by atoms with Gasteiger partial charge in [-0.05, 0) is 32.6 Å². The Morgan fingerprint density at radius 1 is 1.42 bits per heavy atom. The number of hydrogen-bond donors (Lipinski definition) is 1. The molecule has 0 aromatic carbocycles. The van der Waals surface area contributed by atoms with E-state index in [0.717, 1.165) is 6.61 Å². The quantitative estimate of drug-likeness (QED) is 0.702. The molecule has 1 fully saturated rings. The molecule has 2 nitrogen and oxygen atoms in total. The second-order valence-electron chi connectivity index (χ2n) is 4.34. The van der Waals surface area contributed by atoms with E-state index >= 15 is 0 Å². The van der Waals surface area contributed by atoms with Crippen molar-refractivity contribution >= 4 is 0 Å². The van der Waals surface area contributed by atoms with Crippen molar-refractivity contribution in [3.05, 3.63) is 0 Å². The van der Waals surface area contributed by atoms with Crippen molar-refractivity contribution in [2.45, 2.75) is 52.3 Å². The minimum atomic E-state index is 0.174. The summed E-state index contributed by atoms with van der Waals surface area (Å²) >= 11 is 0. The topological polar surface area (TPSA) is 21.3 Å². The van der Waals surface area contributed by atoms with Crippen LogP contribution in [0.25, 0.3) is 0 Å². The highest BCUT2D eigenvalue weighted by atomic mass is 16.5. The first-order chi connectivity index (χ1) is 5.59. The molecule has 0 saturated carbocycles. The zero-order valence-electron chi connectivity index (χ0n) is 8.68. The SMILES string of the molecule is CCC(CC)C1NC(C)(C)CO1. The molecule has 0 radical (unpaired) electrons. The smallest absolute Gasteiger partial charge is 0.111 e. The van der Waals surface area contributed by atoms with Crippen LogP contribution in [0, 0.1) is 5.92 Å². The second-order valence-corrected chi connectivity index (χ2v) is 4.34. The summed E-state index contributed by atoms with van der Waals surface area (Å²) in [6.45, 7) is 9.67. The molecule has 2 heteroatoms. The third-order valence-electron chi connectivity index (χ3n) is 2.63. The van der Waals surface area contributed by atoms with Gasteiger partial charge in [0.1, 0.15) is 6.23 Å². The van der Waals surface area contributed by atoms with Crippen molar-refractivity contribution in [1.82, 2.24) is 5.32 Å². The van der Waals surface area contributed by atoms with Gasteiger partial charge < -0.3 is 4.74 Å². The van der Waals surface area contributed by atoms with Crippen LogP contribution in [0.1, 0.15) is 40.5 Å². The fraction of sp³-hybridized carbons (Fsp3) is 1.00. The van der Waals surface area contributed by atoms with Crippen molar-refractivity contribution in [3.63, 3.8) is 0 Å². The second kappa shape index (κ2) is 3.75. The molecule has 1 aliphatic rings. The predicted octanol–water partition coefficient (Wildman–Crippen LogP) is 2.15. The molecule has 0 aromatic rings. The van der Waals surface area contributed by atoms with Crippen LogP contribution in [0.3, 0.4) is 0 Å². The van der Waals surface area contributed by atoms with E-state index in [4.69, 9.17) is 4.74 Å². The third-order valence-corrected chi connectivity index (χ3v) is 2.63. The van der Waals surface area contributed by atoms with Gasteiger partial charge in [-0.2, -0.15) is 0 Å². The lowest BCUT2D eigenvalue weighted by molar-refractivity contribution is 0.0479. The van der Waals surface area contributed by atoms with Gasteiger partial charge in [0.15, 0.2) is 0 Å². The van der Waals surface area contributed by atoms with Crippen molar-refractivity contribution in [3.8, 4) is 0 Å². The van der Waals surface area contributed by atoms with Crippen LogP contribution in [0.5, 0.6) is 0 Å². The van der Waals surface area contributed by atoms with Gasteiger partial charge in [0, 0.05) is 5.54 Å². The normalized spacial score (nSPS) is 28.2. The molecule has 0 bridgehead atoms. The van der Waals surface area contributed by atoms with Gasteiger partial charge >= 0.3 is 0 Å². The van der Waals surface area contributed by atoms with E-state index in [-0.39, 0.29) is 11.8 Å². The summed E-state index contributed by atoms with van der Waals surface area (Å²) in [5, 5.41) is 3.51. The van der Waals surface area contributed by atoms with Crippen LogP contribution in [-0.4, -0.2) is 18.4 Å². The Bertz CT molecular complexity index is 141. The highest BCUT2D eigenvalue weighted by Crippen LogP contribution is 2.23. The largest absolute Gasteiger partial charge is 0.361 e. The van der Waals surface area contributed by atoms with Crippen molar-refractivity contribution in [2.75, 3.05) is 6.61 Å². The molecule has 1 heterocycles. The van der Waals surface area contributed by atoms with Gasteiger partial charge in [0.05, 0.1) is 6.61 Å². The minimum Gasteiger partial charge on any atom is -0.361 e. The van der Waals surface area contributed by atoms with Crippen molar-refractivity contribution < 1.29 is 4.74 Å². The summed E-state index contributed by atoms with van der Waals surface area (Å²) in [5.41, 5.74) is 0.174. The predicted molar refractivity (Wildman–Crippen MR) is 51.0 cm³/mol. The monoisotopic (exact) mass is 171 g/mol. The number of ether oxygens (including phenoxy) is 1. The molecule has 1 saturated heterocycles. The van der Waals surface area contributed by atoms with Crippen LogP contribution in [0.2, 0.25) is 0 Å². The number of nitrogens with one attached hydrogen (secondary N) is 1. The highest BCUT2D eigenvalue weighted by Gasteiger charge is 2.33. The first-order valence-corrected chi connectivity index (χ1v) is 4.98. The van der Waals surface area contributed by atoms with E-state index in [1.165, 1.54) is 12.8 Å². The molecule has 1 atom stereocenters. The molecule has 1 aliphatic heterocycles. The van der Waals surface area contributed by atoms with Crippen LogP contribution in [0.4, 0.5) is 0 Å². The fourth-order valence-electron chi connectivity index (χ4n) is 1.74. The lowest BCUT2D eigenvalue weighted by atomic mass is 10.0. The average Bonchev–Trinajstić information content (AvgIpc) is 2.34. The third kappa shape index (κ3) is 2.20. The Kier molecular flexibility index (Phi) is 3.13. The van der Waals surface area contributed by atoms with E-state index < -0.39 is 0 Å². The maximum atomic E-state index is 5.70. The van der Waals surface area contributed by atoms with E-state index in [9.17, 15) is 0 Å². The Morgan fingerprint density at radius 2 is 2.00 bits per heavy atom. The number of hydrogen-bond acceptors (Lipinski definition) is 2. The molecule has 0 amide bonds. The summed E-state index contributed by atoms with van der Waals surface area (Å²) in [6, 6.07) is 0. The molecule has 0 spiro atoms. The van der Waals surface area contributed by atoms with E-state index in [1.54, 1.807) is 0 Å². The summed E-state index contributed by atoms with van der Waals surface area (Å²) in [6.07, 6.45) is 2.68. The van der Waals surface area contributed by atoms with Gasteiger partial charge in [-0.15, -0.1) is 0 Å². The molecule has 1 rings (SSSR count). The van der Waals surface area contributed by atoms with Gasteiger partial charge in [0.25, 0.3) is 0 Å². The van der Waals surface area contributed by atoms with Gasteiger partial charge in [-0.25, -0.2) is 0 Å². The molecule has 1 N–H and O–H groups in total. The Labute approximate surface area is 75.7 Å². The first kappa shape index (κ1) is 10.0. The summed E-state index contributed by atoms with van der Waals surface area (Å²) < 4.78 is 5.70. The van der Waals surface area contributed by atoms with Gasteiger partial charge in [0.2, 0.25) is 0 Å². The van der Waals surface area contributed by atoms with E-state index in [2.05, 4.69) is 33.0 Å². The standard InChI is InChI=1S/C10H21NO/c1-5-8(6-2)9-11-10(3,4)7-12-9/h8-9,11H,5-7H2,1-4H3. The summed E-state index contributed by atoms with van der Waals surface area (Å²) in [7, 11) is 0. The molecule has 0 aliphatic carbocycles. The van der Waals surface area contributed by atoms with Gasteiger partial charge in [-0.3, -0.25) is 5.32 Å². The zero-order valence-corrected chi connectivity index (χ0v) is 8.68. The molecule has 72 valence electrons. The maximum Gasteiger partial charge on any atom is 0.111 e. The van der Waals surface area contributed by atoms with Crippen molar-refractivity contribution in [2.24, 2.45) is 5.92 Å². The maximum absolute atomic E-state index is 5.70. The fourth-order valence-corrected chi connectivity index (χ4v) is 1.74. The summed E-state index contributed by atoms with van der Waals surface area (Å²) in [4.78, 5) is 0. The zero-order chi connectivity index (χ0) is 9.19. The lowest BCUT2D eigenvalue weighted by Gasteiger charge is -2.22. The summed E-state index contributed by atoms with van der Waals surface area (Å²) in [5.74, 6) is 0.673. The molecular formula is C10H21NO. The van der Waals surface area contributed by atoms with E-state index in [0.29, 0.717) is 5.92 Å². The Morgan fingerprint density at radius 3 is 2.33 bits per heavy atom. The average molecular weight is 171 g/mol. The molecule has 1 unspecified atom stereocenters. The van der Waals surface area contributed by atoms with Gasteiger partial charge in [-0.1, -0.05) is 13.8 Å². The van der Waals surface area contributed by atoms with E-state index in [1.807, 2.05) is 0 Å². The minimum absolute atomic E-state index is 0.174. The lowest BCUT2D eigenvalue weighted by Crippen LogP contribution is -2.41. The van der Waals surface area contributed by atoms with Crippen LogP contribution in [0.15, 0.2) is 0 Å². The molecule has 12 heavy (non-hydrogen) atoms. The highest BCUT2D eigenvalue weighted by molar-refractivity contribution is 4.86. The molecular weight excluding hydrogens is 150 g/mol.